The minimum absolute atomic E-state index is 0.0517. The third-order valence-electron chi connectivity index (χ3n) is 7.40. The summed E-state index contributed by atoms with van der Waals surface area (Å²) in [4.78, 5) is 12.8. The van der Waals surface area contributed by atoms with E-state index in [-0.39, 0.29) is 34.0 Å². The SMILES string of the molecule is COc1ccc(-c2cc(=O)c3c(O)cc(O[C@@H]4OC(CO[C@@H]5OC(C)[C@H](O)C(O)C5O)[C@@H](O)C(O)C4O)cc3o2)cc1O. The van der Waals surface area contributed by atoms with Crippen LogP contribution in [0.5, 0.6) is 23.0 Å². The second-order valence-corrected chi connectivity index (χ2v) is 10.3. The van der Waals surface area contributed by atoms with E-state index in [1.54, 1.807) is 6.07 Å². The van der Waals surface area contributed by atoms with E-state index in [1.807, 2.05) is 0 Å². The van der Waals surface area contributed by atoms with Gasteiger partial charge in [-0.1, -0.05) is 0 Å². The summed E-state index contributed by atoms with van der Waals surface area (Å²) < 4.78 is 32.9. The van der Waals surface area contributed by atoms with Gasteiger partial charge in [-0.3, -0.25) is 4.79 Å². The van der Waals surface area contributed by atoms with Crippen LogP contribution in [0.4, 0.5) is 0 Å². The lowest BCUT2D eigenvalue weighted by atomic mass is 9.98. The Hall–Kier alpha value is -3.51. The van der Waals surface area contributed by atoms with Crippen LogP contribution in [0.25, 0.3) is 22.3 Å². The molecule has 15 heteroatoms. The summed E-state index contributed by atoms with van der Waals surface area (Å²) in [6, 6.07) is 7.78. The van der Waals surface area contributed by atoms with Gasteiger partial charge in [0.15, 0.2) is 23.2 Å². The molecule has 3 aromatic rings. The molecular formula is C28H32O15. The molecular weight excluding hydrogens is 576 g/mol. The first-order chi connectivity index (χ1) is 20.4. The molecule has 5 rings (SSSR count). The zero-order valence-corrected chi connectivity index (χ0v) is 22.9. The summed E-state index contributed by atoms with van der Waals surface area (Å²) in [7, 11) is 1.38. The topological polar surface area (TPSA) is 238 Å². The number of rotatable bonds is 7. The molecule has 2 aromatic carbocycles. The smallest absolute Gasteiger partial charge is 0.229 e. The summed E-state index contributed by atoms with van der Waals surface area (Å²) in [5, 5.41) is 82.0. The molecule has 1 aromatic heterocycles. The average molecular weight is 609 g/mol. The summed E-state index contributed by atoms with van der Waals surface area (Å²) >= 11 is 0. The van der Waals surface area contributed by atoms with Gasteiger partial charge in [0.2, 0.25) is 6.29 Å². The number of benzene rings is 2. The first-order valence-electron chi connectivity index (χ1n) is 13.3. The number of aromatic hydroxyl groups is 2. The van der Waals surface area contributed by atoms with Gasteiger partial charge in [0.05, 0.1) is 19.8 Å². The van der Waals surface area contributed by atoms with Crippen molar-refractivity contribution in [2.75, 3.05) is 13.7 Å². The van der Waals surface area contributed by atoms with Gasteiger partial charge in [-0.05, 0) is 25.1 Å². The fourth-order valence-corrected chi connectivity index (χ4v) is 4.92. The molecule has 2 aliphatic rings. The Kier molecular flexibility index (Phi) is 8.80. The van der Waals surface area contributed by atoms with E-state index < -0.39 is 79.2 Å². The van der Waals surface area contributed by atoms with Crippen molar-refractivity contribution in [3.63, 3.8) is 0 Å². The van der Waals surface area contributed by atoms with Gasteiger partial charge in [0.1, 0.15) is 71.0 Å². The fourth-order valence-electron chi connectivity index (χ4n) is 4.92. The standard InChI is InChI=1S/C28H32O15/c1-10-21(32)23(34)25(36)27(40-10)39-9-19-22(33)24(35)26(37)28(43-19)41-12-6-14(30)20-15(31)8-17(42-18(20)7-12)11-3-4-16(38-2)13(29)5-11/h3-8,10,19,21-30,32-37H,9H2,1-2H3/t10?,19?,21-,22+,23?,24?,25?,26?,27+,28+/m0/s1. The maximum absolute atomic E-state index is 12.8. The summed E-state index contributed by atoms with van der Waals surface area (Å²) in [6.07, 6.45) is -15.0. The summed E-state index contributed by atoms with van der Waals surface area (Å²) in [5.74, 6) is -0.605. The summed E-state index contributed by atoms with van der Waals surface area (Å²) in [6.45, 7) is 0.953. The van der Waals surface area contributed by atoms with Gasteiger partial charge < -0.3 is 69.0 Å². The van der Waals surface area contributed by atoms with Gasteiger partial charge in [-0.2, -0.15) is 0 Å². The lowest BCUT2D eigenvalue weighted by Crippen LogP contribution is -2.61. The van der Waals surface area contributed by atoms with Crippen molar-refractivity contribution >= 4 is 11.0 Å². The van der Waals surface area contributed by atoms with Crippen molar-refractivity contribution in [2.24, 2.45) is 0 Å². The first-order valence-corrected chi connectivity index (χ1v) is 13.3. The molecule has 8 N–H and O–H groups in total. The minimum atomic E-state index is -1.78. The van der Waals surface area contributed by atoms with Crippen LogP contribution in [0.3, 0.4) is 0 Å². The number of phenolic OH excluding ortho intramolecular Hbond substituents is 2. The van der Waals surface area contributed by atoms with E-state index in [0.717, 1.165) is 12.1 Å². The number of fused-ring (bicyclic) bond motifs is 1. The third-order valence-corrected chi connectivity index (χ3v) is 7.40. The van der Waals surface area contributed by atoms with Crippen LogP contribution in [0, 0.1) is 0 Å². The van der Waals surface area contributed by atoms with Crippen molar-refractivity contribution in [1.82, 2.24) is 0 Å². The van der Waals surface area contributed by atoms with Gasteiger partial charge in [0, 0.05) is 23.8 Å². The van der Waals surface area contributed by atoms with Crippen LogP contribution in [-0.4, -0.2) is 116 Å². The van der Waals surface area contributed by atoms with Crippen molar-refractivity contribution < 1.29 is 69.0 Å². The highest BCUT2D eigenvalue weighted by molar-refractivity contribution is 5.86. The van der Waals surface area contributed by atoms with Gasteiger partial charge in [-0.25, -0.2) is 0 Å². The van der Waals surface area contributed by atoms with Crippen LogP contribution in [-0.2, 0) is 14.2 Å². The van der Waals surface area contributed by atoms with E-state index >= 15 is 0 Å². The number of ether oxygens (including phenoxy) is 5. The Morgan fingerprint density at radius 3 is 2.19 bits per heavy atom. The van der Waals surface area contributed by atoms with E-state index in [0.29, 0.717) is 5.56 Å². The zero-order chi connectivity index (χ0) is 31.2. The quantitative estimate of drug-likeness (QED) is 0.159. The molecule has 6 unspecified atom stereocenters. The van der Waals surface area contributed by atoms with E-state index in [9.17, 15) is 45.6 Å². The molecule has 15 nitrogen and oxygen atoms in total. The molecule has 0 bridgehead atoms. The molecule has 2 aliphatic heterocycles. The molecule has 0 amide bonds. The van der Waals surface area contributed by atoms with Crippen molar-refractivity contribution in [2.45, 2.75) is 68.3 Å². The molecule has 10 atom stereocenters. The summed E-state index contributed by atoms with van der Waals surface area (Å²) in [5.41, 5.74) is -0.381. The number of hydrogen-bond donors (Lipinski definition) is 8. The van der Waals surface area contributed by atoms with Crippen LogP contribution in [0.15, 0.2) is 45.6 Å². The monoisotopic (exact) mass is 608 g/mol. The van der Waals surface area contributed by atoms with Crippen molar-refractivity contribution in [3.8, 4) is 34.3 Å². The maximum atomic E-state index is 12.8. The Morgan fingerprint density at radius 2 is 1.49 bits per heavy atom. The Bertz CT molecular complexity index is 1510. The Morgan fingerprint density at radius 1 is 0.791 bits per heavy atom. The van der Waals surface area contributed by atoms with Crippen LogP contribution in [0.1, 0.15) is 6.92 Å². The number of phenols is 2. The van der Waals surface area contributed by atoms with E-state index in [4.69, 9.17) is 28.1 Å². The molecule has 2 fully saturated rings. The minimum Gasteiger partial charge on any atom is -0.507 e. The van der Waals surface area contributed by atoms with Crippen molar-refractivity contribution in [1.29, 1.82) is 0 Å². The molecule has 0 aliphatic carbocycles. The maximum Gasteiger partial charge on any atom is 0.229 e. The third kappa shape index (κ3) is 5.99. The second-order valence-electron chi connectivity index (χ2n) is 10.3. The van der Waals surface area contributed by atoms with Crippen LogP contribution < -0.4 is 14.9 Å². The number of methoxy groups -OCH3 is 1. The number of aliphatic hydroxyl groups excluding tert-OH is 6. The zero-order valence-electron chi connectivity index (χ0n) is 22.9. The predicted octanol–water partition coefficient (Wildman–Crippen LogP) is -1.09. The lowest BCUT2D eigenvalue weighted by Gasteiger charge is -2.42. The first kappa shape index (κ1) is 30.9. The van der Waals surface area contributed by atoms with E-state index in [1.165, 1.54) is 32.2 Å². The number of aliphatic hydroxyl groups is 6. The lowest BCUT2D eigenvalue weighted by molar-refractivity contribution is -0.318. The normalized spacial score (nSPS) is 32.9. The Balaban J connectivity index is 1.36. The predicted molar refractivity (Wildman–Crippen MR) is 143 cm³/mol. The molecule has 3 heterocycles. The van der Waals surface area contributed by atoms with Crippen molar-refractivity contribution in [3.05, 3.63) is 46.6 Å². The van der Waals surface area contributed by atoms with Gasteiger partial charge >= 0.3 is 0 Å². The van der Waals surface area contributed by atoms with Gasteiger partial charge in [-0.15, -0.1) is 0 Å². The molecule has 2 saturated heterocycles. The fraction of sp³-hybridized carbons (Fsp3) is 0.464. The highest BCUT2D eigenvalue weighted by Gasteiger charge is 2.47. The average Bonchev–Trinajstić information content (AvgIpc) is 2.97. The molecule has 0 saturated carbocycles. The highest BCUT2D eigenvalue weighted by Crippen LogP contribution is 2.35. The second kappa shape index (κ2) is 12.2. The molecule has 234 valence electrons. The Labute approximate surface area is 243 Å². The van der Waals surface area contributed by atoms with Crippen LogP contribution >= 0.6 is 0 Å². The number of hydrogen-bond acceptors (Lipinski definition) is 15. The largest absolute Gasteiger partial charge is 0.507 e. The van der Waals surface area contributed by atoms with Crippen LogP contribution in [0.2, 0.25) is 0 Å². The molecule has 0 spiro atoms. The highest BCUT2D eigenvalue weighted by atomic mass is 16.7. The molecule has 0 radical (unpaired) electrons. The van der Waals surface area contributed by atoms with Gasteiger partial charge in [0.25, 0.3) is 0 Å². The van der Waals surface area contributed by atoms with E-state index in [2.05, 4.69) is 0 Å². The molecule has 43 heavy (non-hydrogen) atoms.